The summed E-state index contributed by atoms with van der Waals surface area (Å²) in [6, 6.07) is 14.3. The van der Waals surface area contributed by atoms with Crippen molar-refractivity contribution in [3.63, 3.8) is 0 Å². The lowest BCUT2D eigenvalue weighted by Gasteiger charge is -2.20. The van der Waals surface area contributed by atoms with Gasteiger partial charge in [-0.05, 0) is 29.2 Å². The first-order valence-corrected chi connectivity index (χ1v) is 9.15. The minimum atomic E-state index is -3.84. The number of aliphatic carboxylic acids is 1. The van der Waals surface area contributed by atoms with Gasteiger partial charge in [-0.15, -0.1) is 0 Å². The molecule has 0 spiro atoms. The second kappa shape index (κ2) is 7.59. The van der Waals surface area contributed by atoms with Crippen LogP contribution in [0.3, 0.4) is 0 Å². The molecule has 24 heavy (non-hydrogen) atoms. The number of carbonyl (C=O) groups excluding carboxylic acids is 1. The molecule has 0 bridgehead atoms. The van der Waals surface area contributed by atoms with Crippen LogP contribution in [0.15, 0.2) is 59.5 Å². The molecule has 1 N–H and O–H groups in total. The van der Waals surface area contributed by atoms with Gasteiger partial charge in [0, 0.05) is 12.4 Å². The second-order valence-corrected chi connectivity index (χ2v) is 7.60. The fraction of sp³-hybridized carbons (Fsp3) is 0.278. The van der Waals surface area contributed by atoms with Gasteiger partial charge in [0.1, 0.15) is 0 Å². The molecule has 0 amide bonds. The average Bonchev–Trinajstić information content (AvgIpc) is 2.54. The van der Waals surface area contributed by atoms with E-state index in [4.69, 9.17) is 0 Å². The Kier molecular flexibility index (Phi) is 5.75. The molecule has 0 aliphatic carbocycles. The number of benzene rings is 2. The van der Waals surface area contributed by atoms with E-state index in [1.54, 1.807) is 42.5 Å². The molecule has 0 aliphatic rings. The normalized spacial score (nSPS) is 13.0. The predicted octanol–water partition coefficient (Wildman–Crippen LogP) is 1.97. The Hall–Kier alpha value is -2.18. The Morgan fingerprint density at radius 1 is 1.00 bits per heavy atom. The molecule has 0 saturated carbocycles. The van der Waals surface area contributed by atoms with Crippen molar-refractivity contribution >= 4 is 16.0 Å². The molecule has 0 heterocycles. The van der Waals surface area contributed by atoms with Crippen LogP contribution in [0.2, 0.25) is 0 Å². The fourth-order valence-electron chi connectivity index (χ4n) is 2.37. The molecule has 5 nitrogen and oxygen atoms in total. The maximum Gasteiger partial charge on any atom is 0.241 e. The van der Waals surface area contributed by atoms with E-state index in [9.17, 15) is 18.3 Å². The number of hydrogen-bond donors (Lipinski definition) is 1. The van der Waals surface area contributed by atoms with Gasteiger partial charge < -0.3 is 9.90 Å². The summed E-state index contributed by atoms with van der Waals surface area (Å²) in [5.41, 5.74) is 1.60. The minimum Gasteiger partial charge on any atom is -0.550 e. The molecule has 0 saturated heterocycles. The van der Waals surface area contributed by atoms with E-state index >= 15 is 0 Å². The fourth-order valence-corrected chi connectivity index (χ4v) is 3.59. The SMILES string of the molecule is CC(C)c1ccc(S(=O)(=O)N[C@@H](CC(=O)[O-])c2ccccc2)cc1. The van der Waals surface area contributed by atoms with E-state index < -0.39 is 28.5 Å². The van der Waals surface area contributed by atoms with Crippen LogP contribution in [0.4, 0.5) is 0 Å². The van der Waals surface area contributed by atoms with Crippen molar-refractivity contribution in [3.05, 3.63) is 65.7 Å². The number of rotatable bonds is 7. The van der Waals surface area contributed by atoms with Crippen molar-refractivity contribution in [2.24, 2.45) is 0 Å². The van der Waals surface area contributed by atoms with E-state index in [0.717, 1.165) is 5.56 Å². The van der Waals surface area contributed by atoms with Crippen LogP contribution in [0.5, 0.6) is 0 Å². The average molecular weight is 346 g/mol. The lowest BCUT2D eigenvalue weighted by Crippen LogP contribution is -2.34. The number of carbonyl (C=O) groups is 1. The third-order valence-electron chi connectivity index (χ3n) is 3.73. The lowest BCUT2D eigenvalue weighted by atomic mass is 10.0. The molecule has 128 valence electrons. The summed E-state index contributed by atoms with van der Waals surface area (Å²) in [5, 5.41) is 11.0. The minimum absolute atomic E-state index is 0.103. The van der Waals surface area contributed by atoms with E-state index in [2.05, 4.69) is 4.72 Å². The number of sulfonamides is 1. The summed E-state index contributed by atoms with van der Waals surface area (Å²) < 4.78 is 27.6. The predicted molar refractivity (Wildman–Crippen MR) is 89.7 cm³/mol. The molecule has 0 radical (unpaired) electrons. The van der Waals surface area contributed by atoms with Crippen molar-refractivity contribution in [1.82, 2.24) is 4.72 Å². The van der Waals surface area contributed by atoms with E-state index in [-0.39, 0.29) is 4.90 Å². The summed E-state index contributed by atoms with van der Waals surface area (Å²) in [5.74, 6) is -1.02. The monoisotopic (exact) mass is 346 g/mol. The highest BCUT2D eigenvalue weighted by Crippen LogP contribution is 2.22. The molecule has 0 unspecified atom stereocenters. The summed E-state index contributed by atoms with van der Waals surface area (Å²) in [7, 11) is -3.84. The van der Waals surface area contributed by atoms with Gasteiger partial charge in [0.15, 0.2) is 0 Å². The molecule has 0 aromatic heterocycles. The van der Waals surface area contributed by atoms with Crippen LogP contribution >= 0.6 is 0 Å². The Morgan fingerprint density at radius 3 is 2.08 bits per heavy atom. The van der Waals surface area contributed by atoms with Gasteiger partial charge in [0.25, 0.3) is 0 Å². The zero-order valence-electron chi connectivity index (χ0n) is 13.6. The second-order valence-electron chi connectivity index (χ2n) is 5.88. The zero-order chi connectivity index (χ0) is 17.7. The van der Waals surface area contributed by atoms with Gasteiger partial charge in [-0.1, -0.05) is 56.3 Å². The largest absolute Gasteiger partial charge is 0.550 e. The Bertz CT molecular complexity index is 784. The number of hydrogen-bond acceptors (Lipinski definition) is 4. The summed E-state index contributed by atoms with van der Waals surface area (Å²) >= 11 is 0. The third-order valence-corrected chi connectivity index (χ3v) is 5.21. The van der Waals surface area contributed by atoms with E-state index in [1.165, 1.54) is 12.1 Å². The van der Waals surface area contributed by atoms with Crippen LogP contribution in [0.1, 0.15) is 43.4 Å². The van der Waals surface area contributed by atoms with Crippen molar-refractivity contribution < 1.29 is 18.3 Å². The summed E-state index contributed by atoms with van der Waals surface area (Å²) in [6.07, 6.45) is -0.437. The lowest BCUT2D eigenvalue weighted by molar-refractivity contribution is -0.306. The molecular weight excluding hydrogens is 326 g/mol. The molecule has 0 aliphatic heterocycles. The van der Waals surface area contributed by atoms with Crippen molar-refractivity contribution in [3.8, 4) is 0 Å². The molecule has 2 aromatic rings. The smallest absolute Gasteiger partial charge is 0.241 e. The van der Waals surface area contributed by atoms with Gasteiger partial charge in [0.05, 0.1) is 10.9 Å². The highest BCUT2D eigenvalue weighted by molar-refractivity contribution is 7.89. The Balaban J connectivity index is 2.28. The van der Waals surface area contributed by atoms with E-state index in [0.29, 0.717) is 11.5 Å². The number of carboxylic acid groups (broad SMARTS) is 1. The first-order chi connectivity index (χ1) is 11.3. The summed E-state index contributed by atoms with van der Waals surface area (Å²) in [4.78, 5) is 11.1. The van der Waals surface area contributed by atoms with Crippen molar-refractivity contribution in [2.45, 2.75) is 37.1 Å². The Labute approximate surface area is 142 Å². The molecular formula is C18H20NO4S-. The quantitative estimate of drug-likeness (QED) is 0.830. The molecule has 2 aromatic carbocycles. The number of carboxylic acids is 1. The molecule has 0 fully saturated rings. The first-order valence-electron chi connectivity index (χ1n) is 7.66. The highest BCUT2D eigenvalue weighted by atomic mass is 32.2. The van der Waals surface area contributed by atoms with Crippen molar-refractivity contribution in [2.75, 3.05) is 0 Å². The summed E-state index contributed by atoms with van der Waals surface area (Å²) in [6.45, 7) is 4.04. The van der Waals surface area contributed by atoms with E-state index in [1.807, 2.05) is 13.8 Å². The maximum absolute atomic E-state index is 12.6. The van der Waals surface area contributed by atoms with Crippen molar-refractivity contribution in [1.29, 1.82) is 0 Å². The van der Waals surface area contributed by atoms with Gasteiger partial charge >= 0.3 is 0 Å². The first kappa shape index (κ1) is 18.2. The van der Waals surface area contributed by atoms with Crippen LogP contribution < -0.4 is 9.83 Å². The molecule has 6 heteroatoms. The molecule has 2 rings (SSSR count). The van der Waals surface area contributed by atoms with Crippen LogP contribution in [-0.4, -0.2) is 14.4 Å². The van der Waals surface area contributed by atoms with Gasteiger partial charge in [-0.2, -0.15) is 0 Å². The Morgan fingerprint density at radius 2 is 1.58 bits per heavy atom. The van der Waals surface area contributed by atoms with Gasteiger partial charge in [-0.3, -0.25) is 0 Å². The van der Waals surface area contributed by atoms with Gasteiger partial charge in [-0.25, -0.2) is 13.1 Å². The van der Waals surface area contributed by atoms with Crippen LogP contribution in [0.25, 0.3) is 0 Å². The van der Waals surface area contributed by atoms with Crippen LogP contribution in [-0.2, 0) is 14.8 Å². The number of nitrogens with one attached hydrogen (secondary N) is 1. The topological polar surface area (TPSA) is 86.3 Å². The molecule has 1 atom stereocenters. The van der Waals surface area contributed by atoms with Crippen LogP contribution in [0, 0.1) is 0 Å². The standard InChI is InChI=1S/C18H21NO4S/c1-13(2)14-8-10-16(11-9-14)24(22,23)19-17(12-18(20)21)15-6-4-3-5-7-15/h3-11,13,17,19H,12H2,1-2H3,(H,20,21)/p-1/t17-/m0/s1. The zero-order valence-corrected chi connectivity index (χ0v) is 14.4. The maximum atomic E-state index is 12.6. The van der Waals surface area contributed by atoms with Gasteiger partial charge in [0.2, 0.25) is 10.0 Å². The highest BCUT2D eigenvalue weighted by Gasteiger charge is 2.21. The third kappa shape index (κ3) is 4.66.